The Hall–Kier alpha value is -3.13. The zero-order valence-electron chi connectivity index (χ0n) is 15.9. The fourth-order valence-electron chi connectivity index (χ4n) is 2.90. The van der Waals surface area contributed by atoms with Gasteiger partial charge in [0, 0.05) is 17.5 Å². The van der Waals surface area contributed by atoms with E-state index in [0.717, 1.165) is 28.0 Å². The Bertz CT molecular complexity index is 1090. The SMILES string of the molecule is CCc1cc2c(NCc3ccc(OC)c(OC)c3)nc(-c3ccno3)nc2s1. The van der Waals surface area contributed by atoms with Crippen LogP contribution >= 0.6 is 11.3 Å². The van der Waals surface area contributed by atoms with Crippen molar-refractivity contribution in [2.24, 2.45) is 0 Å². The van der Waals surface area contributed by atoms with Crippen LogP contribution in [-0.4, -0.2) is 29.3 Å². The number of aryl methyl sites for hydroxylation is 1. The maximum Gasteiger partial charge on any atom is 0.204 e. The first-order chi connectivity index (χ1) is 13.7. The number of hydrogen-bond acceptors (Lipinski definition) is 8. The molecule has 0 amide bonds. The van der Waals surface area contributed by atoms with Crippen molar-refractivity contribution in [3.05, 3.63) is 47.0 Å². The summed E-state index contributed by atoms with van der Waals surface area (Å²) in [6.45, 7) is 2.71. The molecule has 0 bridgehead atoms. The van der Waals surface area contributed by atoms with Crippen LogP contribution < -0.4 is 14.8 Å². The maximum atomic E-state index is 5.39. The van der Waals surface area contributed by atoms with Crippen LogP contribution in [0.4, 0.5) is 5.82 Å². The molecule has 0 spiro atoms. The third-order valence-corrected chi connectivity index (χ3v) is 5.53. The van der Waals surface area contributed by atoms with E-state index >= 15 is 0 Å². The highest BCUT2D eigenvalue weighted by Crippen LogP contribution is 2.32. The highest BCUT2D eigenvalue weighted by Gasteiger charge is 2.15. The Morgan fingerprint density at radius 3 is 2.64 bits per heavy atom. The summed E-state index contributed by atoms with van der Waals surface area (Å²) in [6, 6.07) is 9.74. The molecule has 0 saturated carbocycles. The van der Waals surface area contributed by atoms with Gasteiger partial charge in [0.15, 0.2) is 11.5 Å². The highest BCUT2D eigenvalue weighted by molar-refractivity contribution is 7.18. The van der Waals surface area contributed by atoms with Crippen molar-refractivity contribution in [2.45, 2.75) is 19.9 Å². The van der Waals surface area contributed by atoms with Gasteiger partial charge in [-0.3, -0.25) is 0 Å². The second-order valence-corrected chi connectivity index (χ2v) is 7.22. The molecule has 3 aromatic heterocycles. The van der Waals surface area contributed by atoms with Crippen molar-refractivity contribution in [3.63, 3.8) is 0 Å². The lowest BCUT2D eigenvalue weighted by molar-refractivity contribution is 0.354. The number of aromatic nitrogens is 3. The van der Waals surface area contributed by atoms with Gasteiger partial charge in [0.2, 0.25) is 11.6 Å². The standard InChI is InChI=1S/C20H20N4O3S/c1-4-13-10-14-18(21-11-12-5-6-15(25-2)17(9-12)26-3)23-19(24-20(14)28-13)16-7-8-22-27-16/h5-10H,4,11H2,1-3H3,(H,21,23,24). The Balaban J connectivity index is 1.68. The third-order valence-electron chi connectivity index (χ3n) is 4.36. The normalized spacial score (nSPS) is 11.0. The molecule has 8 heteroatoms. The number of anilines is 1. The first-order valence-corrected chi connectivity index (χ1v) is 9.69. The fraction of sp³-hybridized carbons (Fsp3) is 0.250. The molecule has 0 aliphatic carbocycles. The van der Waals surface area contributed by atoms with Crippen LogP contribution in [0.15, 0.2) is 41.1 Å². The number of nitrogens with zero attached hydrogens (tertiary/aromatic N) is 3. The topological polar surface area (TPSA) is 82.3 Å². The van der Waals surface area contributed by atoms with Crippen molar-refractivity contribution in [3.8, 4) is 23.1 Å². The first kappa shape index (κ1) is 18.2. The summed E-state index contributed by atoms with van der Waals surface area (Å²) in [4.78, 5) is 11.5. The second kappa shape index (κ2) is 7.85. The van der Waals surface area contributed by atoms with Crippen molar-refractivity contribution in [2.75, 3.05) is 19.5 Å². The number of rotatable bonds is 7. The molecule has 0 fully saturated rings. The summed E-state index contributed by atoms with van der Waals surface area (Å²) in [5, 5.41) is 8.20. The molecule has 3 heterocycles. The van der Waals surface area contributed by atoms with Crippen LogP contribution in [0.1, 0.15) is 17.4 Å². The number of methoxy groups -OCH3 is 2. The average molecular weight is 396 g/mol. The van der Waals surface area contributed by atoms with Gasteiger partial charge in [-0.05, 0) is 30.2 Å². The van der Waals surface area contributed by atoms with E-state index in [1.165, 1.54) is 4.88 Å². The smallest absolute Gasteiger partial charge is 0.204 e. The Morgan fingerprint density at radius 1 is 1.07 bits per heavy atom. The van der Waals surface area contributed by atoms with Crippen LogP contribution in [0.5, 0.6) is 11.5 Å². The number of thiophene rings is 1. The number of hydrogen-bond donors (Lipinski definition) is 1. The lowest BCUT2D eigenvalue weighted by Gasteiger charge is -2.11. The van der Waals surface area contributed by atoms with E-state index in [1.54, 1.807) is 37.8 Å². The van der Waals surface area contributed by atoms with Gasteiger partial charge in [0.1, 0.15) is 10.6 Å². The van der Waals surface area contributed by atoms with E-state index in [2.05, 4.69) is 33.4 Å². The highest BCUT2D eigenvalue weighted by atomic mass is 32.1. The van der Waals surface area contributed by atoms with Crippen LogP contribution in [0.3, 0.4) is 0 Å². The van der Waals surface area contributed by atoms with Crippen molar-refractivity contribution in [1.29, 1.82) is 0 Å². The Kier molecular flexibility index (Phi) is 5.12. The summed E-state index contributed by atoms with van der Waals surface area (Å²) < 4.78 is 15.9. The molecule has 4 aromatic rings. The molecule has 1 aromatic carbocycles. The Labute approximate surface area is 166 Å². The molecule has 7 nitrogen and oxygen atoms in total. The van der Waals surface area contributed by atoms with Crippen molar-refractivity contribution >= 4 is 27.4 Å². The first-order valence-electron chi connectivity index (χ1n) is 8.88. The minimum Gasteiger partial charge on any atom is -0.493 e. The molecular weight excluding hydrogens is 376 g/mol. The van der Waals surface area contributed by atoms with E-state index in [1.807, 2.05) is 18.2 Å². The summed E-state index contributed by atoms with van der Waals surface area (Å²) in [7, 11) is 3.25. The van der Waals surface area contributed by atoms with E-state index in [4.69, 9.17) is 14.0 Å². The molecule has 0 aliphatic heterocycles. The van der Waals surface area contributed by atoms with Gasteiger partial charge in [-0.2, -0.15) is 0 Å². The van der Waals surface area contributed by atoms with E-state index < -0.39 is 0 Å². The molecule has 0 unspecified atom stereocenters. The molecule has 4 rings (SSSR count). The number of nitrogens with one attached hydrogen (secondary N) is 1. The number of benzene rings is 1. The van der Waals surface area contributed by atoms with E-state index in [9.17, 15) is 0 Å². The van der Waals surface area contributed by atoms with Gasteiger partial charge in [0.25, 0.3) is 0 Å². The van der Waals surface area contributed by atoms with E-state index in [0.29, 0.717) is 29.6 Å². The molecule has 144 valence electrons. The maximum absolute atomic E-state index is 5.39. The Morgan fingerprint density at radius 2 is 1.93 bits per heavy atom. The largest absolute Gasteiger partial charge is 0.493 e. The average Bonchev–Trinajstić information content (AvgIpc) is 3.41. The van der Waals surface area contributed by atoms with Gasteiger partial charge in [0.05, 0.1) is 25.8 Å². The minimum atomic E-state index is 0.518. The summed E-state index contributed by atoms with van der Waals surface area (Å²) in [5.41, 5.74) is 1.05. The molecule has 1 N–H and O–H groups in total. The van der Waals surface area contributed by atoms with Crippen LogP contribution in [0, 0.1) is 0 Å². The van der Waals surface area contributed by atoms with Gasteiger partial charge < -0.3 is 19.3 Å². The molecule has 0 aliphatic rings. The predicted octanol–water partition coefficient (Wildman–Crippen LogP) is 4.54. The molecule has 28 heavy (non-hydrogen) atoms. The lowest BCUT2D eigenvalue weighted by Crippen LogP contribution is -2.04. The number of ether oxygens (including phenoxy) is 2. The predicted molar refractivity (Wildman–Crippen MR) is 109 cm³/mol. The van der Waals surface area contributed by atoms with Gasteiger partial charge in [-0.1, -0.05) is 18.1 Å². The number of fused-ring (bicyclic) bond motifs is 1. The molecular formula is C20H20N4O3S. The quantitative estimate of drug-likeness (QED) is 0.491. The zero-order chi connectivity index (χ0) is 19.5. The third kappa shape index (κ3) is 3.50. The molecule has 0 radical (unpaired) electrons. The van der Waals surface area contributed by atoms with E-state index in [-0.39, 0.29) is 0 Å². The van der Waals surface area contributed by atoms with Crippen molar-refractivity contribution < 1.29 is 14.0 Å². The zero-order valence-corrected chi connectivity index (χ0v) is 16.7. The summed E-state index contributed by atoms with van der Waals surface area (Å²) in [5.74, 6) is 3.23. The summed E-state index contributed by atoms with van der Waals surface area (Å²) in [6.07, 6.45) is 2.54. The van der Waals surface area contributed by atoms with Gasteiger partial charge in [-0.15, -0.1) is 11.3 Å². The lowest BCUT2D eigenvalue weighted by atomic mass is 10.2. The van der Waals surface area contributed by atoms with Crippen LogP contribution in [0.25, 0.3) is 21.8 Å². The van der Waals surface area contributed by atoms with Gasteiger partial charge >= 0.3 is 0 Å². The molecule has 0 atom stereocenters. The van der Waals surface area contributed by atoms with Crippen molar-refractivity contribution in [1.82, 2.24) is 15.1 Å². The minimum absolute atomic E-state index is 0.518. The second-order valence-electron chi connectivity index (χ2n) is 6.10. The molecule has 0 saturated heterocycles. The van der Waals surface area contributed by atoms with Gasteiger partial charge in [-0.25, -0.2) is 9.97 Å². The monoisotopic (exact) mass is 396 g/mol. The summed E-state index contributed by atoms with van der Waals surface area (Å²) >= 11 is 1.67. The van der Waals surface area contributed by atoms with Crippen LogP contribution in [-0.2, 0) is 13.0 Å². The van der Waals surface area contributed by atoms with Crippen LogP contribution in [0.2, 0.25) is 0 Å². The fourth-order valence-corrected chi connectivity index (χ4v) is 3.87.